The molecule has 2 rings (SSSR count). The summed E-state index contributed by atoms with van der Waals surface area (Å²) in [5, 5.41) is 10.7. The van der Waals surface area contributed by atoms with Crippen LogP contribution in [0.4, 0.5) is 5.69 Å². The van der Waals surface area contributed by atoms with Crippen molar-refractivity contribution in [2.45, 2.75) is 13.8 Å². The second-order valence-electron chi connectivity index (χ2n) is 4.42. The Morgan fingerprint density at radius 2 is 1.70 bits per heavy atom. The highest BCUT2D eigenvalue weighted by Crippen LogP contribution is 2.24. The fourth-order valence-electron chi connectivity index (χ4n) is 1.86. The molecule has 0 N–H and O–H groups in total. The molecule has 0 fully saturated rings. The largest absolute Gasteiger partial charge is 0.422 e. The van der Waals surface area contributed by atoms with Crippen molar-refractivity contribution in [2.24, 2.45) is 0 Å². The number of benzene rings is 2. The highest BCUT2D eigenvalue weighted by molar-refractivity contribution is 5.92. The third kappa shape index (κ3) is 2.83. The maximum Gasteiger partial charge on any atom is 0.343 e. The monoisotopic (exact) mass is 271 g/mol. The molecule has 0 aliphatic heterocycles. The lowest BCUT2D eigenvalue weighted by molar-refractivity contribution is -0.384. The van der Waals surface area contributed by atoms with Crippen LogP contribution in [0.1, 0.15) is 21.5 Å². The maximum absolute atomic E-state index is 12.0. The summed E-state index contributed by atoms with van der Waals surface area (Å²) in [5.41, 5.74) is 1.69. The number of aryl methyl sites for hydroxylation is 2. The van der Waals surface area contributed by atoms with E-state index in [1.807, 2.05) is 32.0 Å². The van der Waals surface area contributed by atoms with Crippen molar-refractivity contribution in [1.29, 1.82) is 0 Å². The van der Waals surface area contributed by atoms with E-state index >= 15 is 0 Å². The predicted molar refractivity (Wildman–Crippen MR) is 74.0 cm³/mol. The molecule has 2 aromatic rings. The van der Waals surface area contributed by atoms with Crippen LogP contribution in [0.25, 0.3) is 0 Å². The summed E-state index contributed by atoms with van der Waals surface area (Å²) in [6.45, 7) is 3.67. The molecule has 20 heavy (non-hydrogen) atoms. The summed E-state index contributed by atoms with van der Waals surface area (Å²) < 4.78 is 5.34. The number of hydrogen-bond donors (Lipinski definition) is 0. The Labute approximate surface area is 116 Å². The molecular formula is C15H13NO4. The van der Waals surface area contributed by atoms with Crippen LogP contribution in [0.3, 0.4) is 0 Å². The number of nitro benzene ring substituents is 1. The number of ether oxygens (including phenoxy) is 1. The summed E-state index contributed by atoms with van der Waals surface area (Å²) in [6, 6.07) is 11.0. The number of esters is 1. The Morgan fingerprint density at radius 3 is 2.30 bits per heavy atom. The second kappa shape index (κ2) is 5.52. The van der Waals surface area contributed by atoms with E-state index in [1.54, 1.807) is 0 Å². The molecule has 0 bridgehead atoms. The molecule has 5 heteroatoms. The number of carbonyl (C=O) groups is 1. The van der Waals surface area contributed by atoms with Crippen LogP contribution >= 0.6 is 0 Å². The van der Waals surface area contributed by atoms with E-state index in [0.717, 1.165) is 11.1 Å². The Morgan fingerprint density at radius 1 is 1.10 bits per heavy atom. The zero-order valence-electron chi connectivity index (χ0n) is 11.1. The van der Waals surface area contributed by atoms with Gasteiger partial charge in [-0.15, -0.1) is 0 Å². The van der Waals surface area contributed by atoms with Crippen molar-refractivity contribution in [1.82, 2.24) is 0 Å². The van der Waals surface area contributed by atoms with Crippen LogP contribution < -0.4 is 4.74 Å². The number of non-ortho nitro benzene ring substituents is 1. The lowest BCUT2D eigenvalue weighted by Gasteiger charge is -2.10. The van der Waals surface area contributed by atoms with Gasteiger partial charge in [-0.3, -0.25) is 10.1 Å². The minimum Gasteiger partial charge on any atom is -0.422 e. The van der Waals surface area contributed by atoms with Crippen molar-refractivity contribution in [2.75, 3.05) is 0 Å². The fraction of sp³-hybridized carbons (Fsp3) is 0.133. The minimum atomic E-state index is -0.605. The van der Waals surface area contributed by atoms with Crippen LogP contribution in [0.2, 0.25) is 0 Å². The SMILES string of the molecule is Cc1cccc(C)c1OC(=O)c1cccc([N+](=O)[O-])c1. The molecule has 0 atom stereocenters. The lowest BCUT2D eigenvalue weighted by Crippen LogP contribution is -2.10. The molecule has 0 heterocycles. The number of nitrogens with zero attached hydrogens (tertiary/aromatic N) is 1. The summed E-state index contributed by atoms with van der Waals surface area (Å²) >= 11 is 0. The van der Waals surface area contributed by atoms with Gasteiger partial charge in [-0.25, -0.2) is 4.79 Å². The average Bonchev–Trinajstić information content (AvgIpc) is 2.43. The van der Waals surface area contributed by atoms with E-state index < -0.39 is 10.9 Å². The molecule has 0 saturated heterocycles. The highest BCUT2D eigenvalue weighted by Gasteiger charge is 2.15. The van der Waals surface area contributed by atoms with Gasteiger partial charge in [0.15, 0.2) is 0 Å². The van der Waals surface area contributed by atoms with Gasteiger partial charge >= 0.3 is 5.97 Å². The van der Waals surface area contributed by atoms with Gasteiger partial charge in [0, 0.05) is 12.1 Å². The standard InChI is InChI=1S/C15H13NO4/c1-10-5-3-6-11(2)14(10)20-15(17)12-7-4-8-13(9-12)16(18)19/h3-9H,1-2H3. The van der Waals surface area contributed by atoms with Crippen LogP contribution in [0, 0.1) is 24.0 Å². The molecule has 2 aromatic carbocycles. The Balaban J connectivity index is 2.29. The van der Waals surface area contributed by atoms with Crippen molar-refractivity contribution in [3.05, 3.63) is 69.3 Å². The number of hydrogen-bond acceptors (Lipinski definition) is 4. The molecule has 0 aromatic heterocycles. The minimum absolute atomic E-state index is 0.138. The molecule has 0 aliphatic rings. The van der Waals surface area contributed by atoms with Crippen molar-refractivity contribution in [3.8, 4) is 5.75 Å². The molecule has 0 saturated carbocycles. The van der Waals surface area contributed by atoms with Crippen LogP contribution in [-0.2, 0) is 0 Å². The zero-order chi connectivity index (χ0) is 14.7. The maximum atomic E-state index is 12.0. The molecule has 102 valence electrons. The first kappa shape index (κ1) is 13.7. The van der Waals surface area contributed by atoms with Gasteiger partial charge in [-0.05, 0) is 31.0 Å². The molecule has 0 amide bonds. The summed E-state index contributed by atoms with van der Waals surface area (Å²) in [7, 11) is 0. The van der Waals surface area contributed by atoms with Crippen LogP contribution in [-0.4, -0.2) is 10.9 Å². The van der Waals surface area contributed by atoms with E-state index in [4.69, 9.17) is 4.74 Å². The Kier molecular flexibility index (Phi) is 3.79. The van der Waals surface area contributed by atoms with Gasteiger partial charge in [0.05, 0.1) is 10.5 Å². The van der Waals surface area contributed by atoms with Gasteiger partial charge in [0.2, 0.25) is 0 Å². The Bertz CT molecular complexity index is 659. The summed E-state index contributed by atoms with van der Waals surface area (Å²) in [4.78, 5) is 22.2. The molecular weight excluding hydrogens is 258 g/mol. The predicted octanol–water partition coefficient (Wildman–Crippen LogP) is 3.43. The van der Waals surface area contributed by atoms with Crippen LogP contribution in [0.15, 0.2) is 42.5 Å². The number of para-hydroxylation sites is 1. The van der Waals surface area contributed by atoms with Crippen molar-refractivity contribution < 1.29 is 14.5 Å². The molecule has 5 nitrogen and oxygen atoms in total. The number of carbonyl (C=O) groups excluding carboxylic acids is 1. The van der Waals surface area contributed by atoms with Gasteiger partial charge in [0.25, 0.3) is 5.69 Å². The zero-order valence-corrected chi connectivity index (χ0v) is 11.1. The first-order chi connectivity index (χ1) is 9.49. The average molecular weight is 271 g/mol. The Hall–Kier alpha value is -2.69. The van der Waals surface area contributed by atoms with Crippen molar-refractivity contribution >= 4 is 11.7 Å². The van der Waals surface area contributed by atoms with E-state index in [-0.39, 0.29) is 11.3 Å². The highest BCUT2D eigenvalue weighted by atomic mass is 16.6. The fourth-order valence-corrected chi connectivity index (χ4v) is 1.86. The van der Waals surface area contributed by atoms with Gasteiger partial charge in [0.1, 0.15) is 5.75 Å². The second-order valence-corrected chi connectivity index (χ2v) is 4.42. The lowest BCUT2D eigenvalue weighted by atomic mass is 10.1. The van der Waals surface area contributed by atoms with Gasteiger partial charge in [-0.1, -0.05) is 24.3 Å². The molecule has 0 unspecified atom stereocenters. The van der Waals surface area contributed by atoms with Crippen molar-refractivity contribution in [3.63, 3.8) is 0 Å². The van der Waals surface area contributed by atoms with Crippen LogP contribution in [0.5, 0.6) is 5.75 Å². The third-order valence-electron chi connectivity index (χ3n) is 2.90. The normalized spacial score (nSPS) is 10.1. The first-order valence-electron chi connectivity index (χ1n) is 6.02. The third-order valence-corrected chi connectivity index (χ3v) is 2.90. The number of nitro groups is 1. The quantitative estimate of drug-likeness (QED) is 0.371. The number of rotatable bonds is 3. The summed E-state index contributed by atoms with van der Waals surface area (Å²) in [5.74, 6) is -0.116. The van der Waals surface area contributed by atoms with E-state index in [9.17, 15) is 14.9 Å². The smallest absolute Gasteiger partial charge is 0.343 e. The molecule has 0 radical (unpaired) electrons. The van der Waals surface area contributed by atoms with E-state index in [1.165, 1.54) is 24.3 Å². The topological polar surface area (TPSA) is 69.4 Å². The van der Waals surface area contributed by atoms with Gasteiger partial charge in [-0.2, -0.15) is 0 Å². The molecule has 0 aliphatic carbocycles. The van der Waals surface area contributed by atoms with E-state index in [2.05, 4.69) is 0 Å². The van der Waals surface area contributed by atoms with Gasteiger partial charge < -0.3 is 4.74 Å². The van der Waals surface area contributed by atoms with E-state index in [0.29, 0.717) is 5.75 Å². The summed E-state index contributed by atoms with van der Waals surface area (Å²) in [6.07, 6.45) is 0. The first-order valence-corrected chi connectivity index (χ1v) is 6.02. The molecule has 0 spiro atoms.